The smallest absolute Gasteiger partial charge is 0.270 e. The van der Waals surface area contributed by atoms with E-state index in [2.05, 4.69) is 0 Å². The topological polar surface area (TPSA) is 29.5 Å². The second-order valence-corrected chi connectivity index (χ2v) is 8.97. The summed E-state index contributed by atoms with van der Waals surface area (Å²) in [6.07, 6.45) is 1.84. The van der Waals surface area contributed by atoms with Crippen molar-refractivity contribution in [3.05, 3.63) is 98.9 Å². The highest BCUT2D eigenvalue weighted by atomic mass is 35.5. The number of amides is 1. The van der Waals surface area contributed by atoms with Gasteiger partial charge in [-0.3, -0.25) is 9.69 Å². The summed E-state index contributed by atoms with van der Waals surface area (Å²) in [5.41, 5.74) is 2.52. The summed E-state index contributed by atoms with van der Waals surface area (Å²) in [5, 5.41) is 1.16. The van der Waals surface area contributed by atoms with Crippen LogP contribution in [0.2, 0.25) is 10.0 Å². The Labute approximate surface area is 194 Å². The summed E-state index contributed by atoms with van der Waals surface area (Å²) in [5.74, 6) is 0.587. The average Bonchev–Trinajstić information content (AvgIpc) is 3.02. The SMILES string of the molecule is O=C1/C(=C\c2ccc(OCc3ccc(Cl)cc3Cl)cc2)SC(=S)N1c1ccccc1. The third-order valence-corrected chi connectivity index (χ3v) is 6.28. The molecular weight excluding hydrogens is 457 g/mol. The Morgan fingerprint density at radius 2 is 1.73 bits per heavy atom. The minimum atomic E-state index is -0.117. The molecule has 1 aliphatic heterocycles. The highest BCUT2D eigenvalue weighted by Crippen LogP contribution is 2.36. The van der Waals surface area contributed by atoms with Gasteiger partial charge in [-0.15, -0.1) is 0 Å². The lowest BCUT2D eigenvalue weighted by atomic mass is 10.2. The van der Waals surface area contributed by atoms with E-state index in [1.807, 2.05) is 66.7 Å². The maximum absolute atomic E-state index is 12.8. The normalized spacial score (nSPS) is 15.1. The molecule has 4 rings (SSSR count). The highest BCUT2D eigenvalue weighted by molar-refractivity contribution is 8.27. The number of benzene rings is 3. The van der Waals surface area contributed by atoms with Gasteiger partial charge >= 0.3 is 0 Å². The van der Waals surface area contributed by atoms with Gasteiger partial charge in [0.2, 0.25) is 0 Å². The molecule has 0 atom stereocenters. The van der Waals surface area contributed by atoms with Crippen molar-refractivity contribution in [3.63, 3.8) is 0 Å². The van der Waals surface area contributed by atoms with Crippen LogP contribution in [-0.4, -0.2) is 10.2 Å². The summed E-state index contributed by atoms with van der Waals surface area (Å²) < 4.78 is 6.33. The molecule has 150 valence electrons. The number of thioether (sulfide) groups is 1. The Morgan fingerprint density at radius 1 is 1.00 bits per heavy atom. The zero-order valence-corrected chi connectivity index (χ0v) is 18.7. The molecule has 1 amide bonds. The Balaban J connectivity index is 1.45. The molecule has 3 aromatic carbocycles. The van der Waals surface area contributed by atoms with Gasteiger partial charge in [-0.25, -0.2) is 0 Å². The average molecular weight is 472 g/mol. The van der Waals surface area contributed by atoms with Crippen molar-refractivity contribution < 1.29 is 9.53 Å². The van der Waals surface area contributed by atoms with Gasteiger partial charge in [0.15, 0.2) is 4.32 Å². The predicted molar refractivity (Wildman–Crippen MR) is 129 cm³/mol. The zero-order chi connectivity index (χ0) is 21.1. The van der Waals surface area contributed by atoms with Crippen LogP contribution in [0.15, 0.2) is 77.7 Å². The van der Waals surface area contributed by atoms with E-state index < -0.39 is 0 Å². The fraction of sp³-hybridized carbons (Fsp3) is 0.0435. The van der Waals surface area contributed by atoms with Crippen molar-refractivity contribution in [2.24, 2.45) is 0 Å². The summed E-state index contributed by atoms with van der Waals surface area (Å²) in [4.78, 5) is 14.9. The predicted octanol–water partition coefficient (Wildman–Crippen LogP) is 6.98. The quantitative estimate of drug-likeness (QED) is 0.296. The van der Waals surface area contributed by atoms with Crippen molar-refractivity contribution in [2.75, 3.05) is 4.90 Å². The van der Waals surface area contributed by atoms with E-state index in [1.165, 1.54) is 11.8 Å². The molecule has 0 aromatic heterocycles. The van der Waals surface area contributed by atoms with Gasteiger partial charge in [0, 0.05) is 15.6 Å². The van der Waals surface area contributed by atoms with Crippen LogP contribution in [0.5, 0.6) is 5.75 Å². The van der Waals surface area contributed by atoms with E-state index >= 15 is 0 Å². The minimum Gasteiger partial charge on any atom is -0.489 e. The standard InChI is InChI=1S/C23H15Cl2NO2S2/c24-17-9-8-16(20(25)13-17)14-28-19-10-6-15(7-11-19)12-21-22(27)26(23(29)30-21)18-4-2-1-3-5-18/h1-13H,14H2/b21-12+. The number of rotatable bonds is 5. The first-order chi connectivity index (χ1) is 14.5. The van der Waals surface area contributed by atoms with Crippen LogP contribution in [0.3, 0.4) is 0 Å². The van der Waals surface area contributed by atoms with E-state index in [1.54, 1.807) is 17.0 Å². The van der Waals surface area contributed by atoms with E-state index in [0.717, 1.165) is 16.8 Å². The van der Waals surface area contributed by atoms with Crippen LogP contribution in [0.4, 0.5) is 5.69 Å². The largest absolute Gasteiger partial charge is 0.489 e. The van der Waals surface area contributed by atoms with Crippen LogP contribution >= 0.6 is 47.2 Å². The summed E-state index contributed by atoms with van der Waals surface area (Å²) in [7, 11) is 0. The molecule has 0 spiro atoms. The molecule has 7 heteroatoms. The summed E-state index contributed by atoms with van der Waals surface area (Å²) in [6.45, 7) is 0.338. The molecule has 0 unspecified atom stereocenters. The van der Waals surface area contributed by atoms with Crippen LogP contribution < -0.4 is 9.64 Å². The lowest BCUT2D eigenvalue weighted by Crippen LogP contribution is -2.27. The van der Waals surface area contributed by atoms with Gasteiger partial charge in [0.05, 0.1) is 10.6 Å². The van der Waals surface area contributed by atoms with Crippen molar-refractivity contribution in [3.8, 4) is 5.75 Å². The number of hydrogen-bond acceptors (Lipinski definition) is 4. The van der Waals surface area contributed by atoms with Crippen molar-refractivity contribution in [2.45, 2.75) is 6.61 Å². The maximum Gasteiger partial charge on any atom is 0.270 e. The Kier molecular flexibility index (Phi) is 6.44. The van der Waals surface area contributed by atoms with Crippen molar-refractivity contribution >= 4 is 69.2 Å². The van der Waals surface area contributed by atoms with Crippen LogP contribution in [0, 0.1) is 0 Å². The highest BCUT2D eigenvalue weighted by Gasteiger charge is 2.33. The molecule has 30 heavy (non-hydrogen) atoms. The molecule has 0 radical (unpaired) electrons. The van der Waals surface area contributed by atoms with E-state index in [9.17, 15) is 4.79 Å². The molecule has 3 aromatic rings. The minimum absolute atomic E-state index is 0.117. The number of nitrogens with zero attached hydrogens (tertiary/aromatic N) is 1. The third kappa shape index (κ3) is 4.71. The zero-order valence-electron chi connectivity index (χ0n) is 15.5. The number of ether oxygens (including phenoxy) is 1. The molecule has 0 N–H and O–H groups in total. The first-order valence-corrected chi connectivity index (χ1v) is 11.0. The second kappa shape index (κ2) is 9.23. The molecule has 0 saturated carbocycles. The lowest BCUT2D eigenvalue weighted by Gasteiger charge is -2.13. The first kappa shape index (κ1) is 20.9. The Hall–Kier alpha value is -2.31. The number of hydrogen-bond donors (Lipinski definition) is 0. The fourth-order valence-corrected chi connectivity index (χ4v) is 4.64. The summed E-state index contributed by atoms with van der Waals surface area (Å²) >= 11 is 18.8. The summed E-state index contributed by atoms with van der Waals surface area (Å²) in [6, 6.07) is 22.2. The number of thiocarbonyl (C=S) groups is 1. The van der Waals surface area contributed by atoms with E-state index in [-0.39, 0.29) is 5.91 Å². The second-order valence-electron chi connectivity index (χ2n) is 6.45. The molecule has 1 aliphatic rings. The van der Waals surface area contributed by atoms with E-state index in [0.29, 0.717) is 31.6 Å². The fourth-order valence-electron chi connectivity index (χ4n) is 2.88. The Bertz CT molecular complexity index is 1130. The van der Waals surface area contributed by atoms with Gasteiger partial charge < -0.3 is 4.74 Å². The molecule has 0 aliphatic carbocycles. The number of carbonyl (C=O) groups excluding carboxylic acids is 1. The molecule has 0 bridgehead atoms. The van der Waals surface area contributed by atoms with Gasteiger partial charge in [-0.2, -0.15) is 0 Å². The van der Waals surface area contributed by atoms with Crippen LogP contribution in [-0.2, 0) is 11.4 Å². The van der Waals surface area contributed by atoms with Gasteiger partial charge in [0.25, 0.3) is 5.91 Å². The van der Waals surface area contributed by atoms with Crippen LogP contribution in [0.25, 0.3) is 6.08 Å². The van der Waals surface area contributed by atoms with Gasteiger partial charge in [-0.05, 0) is 48.0 Å². The maximum atomic E-state index is 12.8. The first-order valence-electron chi connectivity index (χ1n) is 9.01. The lowest BCUT2D eigenvalue weighted by molar-refractivity contribution is -0.113. The number of carbonyl (C=O) groups is 1. The molecule has 1 fully saturated rings. The number of para-hydroxylation sites is 1. The van der Waals surface area contributed by atoms with Gasteiger partial charge in [0.1, 0.15) is 12.4 Å². The van der Waals surface area contributed by atoms with Crippen LogP contribution in [0.1, 0.15) is 11.1 Å². The molecule has 3 nitrogen and oxygen atoms in total. The van der Waals surface area contributed by atoms with Gasteiger partial charge in [-0.1, -0.05) is 83.6 Å². The number of halogens is 2. The monoisotopic (exact) mass is 471 g/mol. The third-order valence-electron chi connectivity index (χ3n) is 4.40. The molecule has 1 saturated heterocycles. The van der Waals surface area contributed by atoms with E-state index in [4.69, 9.17) is 40.2 Å². The number of anilines is 1. The van der Waals surface area contributed by atoms with Crippen molar-refractivity contribution in [1.29, 1.82) is 0 Å². The molecule has 1 heterocycles. The Morgan fingerprint density at radius 3 is 2.43 bits per heavy atom. The molecular formula is C23H15Cl2NO2S2. The van der Waals surface area contributed by atoms with Crippen molar-refractivity contribution in [1.82, 2.24) is 0 Å².